The maximum Gasteiger partial charge on any atom is 0.472 e. The highest BCUT2D eigenvalue weighted by molar-refractivity contribution is 7.47. The van der Waals surface area contributed by atoms with Crippen LogP contribution in [0.2, 0.25) is 0 Å². The standard InChI is InChI=1S/C82H160O17P2/c1-8-9-10-11-12-13-14-15-20-24-31-36-43-51-58-65-82(87)99-78(70-93-80(85)64-57-50-45-38-41-48-55-62-75(6)7)72-97-101(90,91)95-68-76(83)67-94-100(88,89)96-71-77(69-92-79(84)63-56-49-42-35-30-27-26-29-34-40-47-54-61-74(4)5)98-81(86)66-59-52-44-37-32-25-22-19-17-16-18-21-23-28-33-39-46-53-60-73(2)3/h73-78,83H,8-72H2,1-7H3,(H,88,89)(H,90,91)/t76-,77-,78-/m1/s1. The zero-order valence-electron chi connectivity index (χ0n) is 66.4. The van der Waals surface area contributed by atoms with Gasteiger partial charge in [0.05, 0.1) is 26.4 Å². The van der Waals surface area contributed by atoms with Gasteiger partial charge in [-0.1, -0.05) is 376 Å². The van der Waals surface area contributed by atoms with Crippen LogP contribution < -0.4 is 0 Å². The molecule has 0 fully saturated rings. The molecule has 0 aliphatic rings. The number of esters is 4. The summed E-state index contributed by atoms with van der Waals surface area (Å²) in [5, 5.41) is 10.6. The first-order chi connectivity index (χ1) is 48.7. The van der Waals surface area contributed by atoms with E-state index in [9.17, 15) is 43.2 Å². The summed E-state index contributed by atoms with van der Waals surface area (Å²) in [6.45, 7) is 11.9. The van der Waals surface area contributed by atoms with E-state index in [1.165, 1.54) is 231 Å². The van der Waals surface area contributed by atoms with Crippen LogP contribution in [-0.4, -0.2) is 96.7 Å². The number of carbonyl (C=O) groups is 4. The summed E-state index contributed by atoms with van der Waals surface area (Å²) in [6.07, 6.45) is 61.1. The van der Waals surface area contributed by atoms with Gasteiger partial charge in [-0.25, -0.2) is 9.13 Å². The lowest BCUT2D eigenvalue weighted by atomic mass is 10.0. The summed E-state index contributed by atoms with van der Waals surface area (Å²) in [5.74, 6) is 0.197. The second kappa shape index (κ2) is 72.3. The highest BCUT2D eigenvalue weighted by Gasteiger charge is 2.30. The Morgan fingerprint density at radius 2 is 0.455 bits per heavy atom. The summed E-state index contributed by atoms with van der Waals surface area (Å²) in [5.41, 5.74) is 0. The molecule has 0 saturated heterocycles. The molecule has 0 rings (SSSR count). The highest BCUT2D eigenvalue weighted by Crippen LogP contribution is 2.45. The van der Waals surface area contributed by atoms with Crippen molar-refractivity contribution in [3.8, 4) is 0 Å². The number of hydrogen-bond donors (Lipinski definition) is 3. The molecule has 2 unspecified atom stereocenters. The number of rotatable bonds is 80. The molecule has 600 valence electrons. The molecule has 0 aromatic carbocycles. The van der Waals surface area contributed by atoms with Gasteiger partial charge in [0.2, 0.25) is 0 Å². The summed E-state index contributed by atoms with van der Waals surface area (Å²) in [7, 11) is -9.92. The van der Waals surface area contributed by atoms with Gasteiger partial charge in [-0.05, 0) is 43.4 Å². The van der Waals surface area contributed by atoms with Crippen LogP contribution in [0.25, 0.3) is 0 Å². The number of phosphoric ester groups is 2. The summed E-state index contributed by atoms with van der Waals surface area (Å²) in [6, 6.07) is 0. The Morgan fingerprint density at radius 3 is 0.673 bits per heavy atom. The molecule has 5 atom stereocenters. The minimum Gasteiger partial charge on any atom is -0.462 e. The van der Waals surface area contributed by atoms with Crippen molar-refractivity contribution in [1.82, 2.24) is 0 Å². The Labute approximate surface area is 619 Å². The molecule has 0 spiro atoms. The van der Waals surface area contributed by atoms with Crippen LogP contribution >= 0.6 is 15.6 Å². The first kappa shape index (κ1) is 99.1. The topological polar surface area (TPSA) is 237 Å². The van der Waals surface area contributed by atoms with Crippen molar-refractivity contribution in [3.63, 3.8) is 0 Å². The average Bonchev–Trinajstić information content (AvgIpc) is 0.922. The van der Waals surface area contributed by atoms with Crippen molar-refractivity contribution in [2.75, 3.05) is 39.6 Å². The Hall–Kier alpha value is -1.94. The van der Waals surface area contributed by atoms with Gasteiger partial charge < -0.3 is 33.8 Å². The lowest BCUT2D eigenvalue weighted by Crippen LogP contribution is -2.30. The SMILES string of the molecule is CCCCCCCCCCCCCCCCCC(=O)O[C@H](COC(=O)CCCCCCCCCC(C)C)COP(=O)(O)OC[C@H](O)COP(=O)(O)OC[C@@H](COC(=O)CCCCCCCCCCCCCCC(C)C)OC(=O)CCCCCCCCCCCCCCCCCCCCC(C)C. The van der Waals surface area contributed by atoms with Crippen LogP contribution in [0, 0.1) is 17.8 Å². The van der Waals surface area contributed by atoms with E-state index in [2.05, 4.69) is 48.5 Å². The fourth-order valence-corrected chi connectivity index (χ4v) is 14.2. The van der Waals surface area contributed by atoms with Gasteiger partial charge in [0.15, 0.2) is 12.2 Å². The Morgan fingerprint density at radius 1 is 0.267 bits per heavy atom. The fourth-order valence-electron chi connectivity index (χ4n) is 12.7. The Balaban J connectivity index is 5.22. The first-order valence-corrected chi connectivity index (χ1v) is 45.3. The lowest BCUT2D eigenvalue weighted by Gasteiger charge is -2.21. The maximum atomic E-state index is 13.1. The lowest BCUT2D eigenvalue weighted by molar-refractivity contribution is -0.161. The van der Waals surface area contributed by atoms with Gasteiger partial charge in [0.1, 0.15) is 19.3 Å². The zero-order chi connectivity index (χ0) is 74.4. The molecule has 0 heterocycles. The van der Waals surface area contributed by atoms with E-state index >= 15 is 0 Å². The van der Waals surface area contributed by atoms with Crippen molar-refractivity contribution < 1.29 is 80.2 Å². The van der Waals surface area contributed by atoms with Crippen molar-refractivity contribution in [2.24, 2.45) is 17.8 Å². The van der Waals surface area contributed by atoms with Crippen LogP contribution in [0.1, 0.15) is 427 Å². The number of ether oxygens (including phenoxy) is 4. The van der Waals surface area contributed by atoms with Gasteiger partial charge >= 0.3 is 39.5 Å². The first-order valence-electron chi connectivity index (χ1n) is 42.3. The number of hydrogen-bond acceptors (Lipinski definition) is 15. The average molecular weight is 1480 g/mol. The smallest absolute Gasteiger partial charge is 0.462 e. The molecule has 0 bridgehead atoms. The molecular formula is C82H160O17P2. The maximum absolute atomic E-state index is 13.1. The molecule has 0 saturated carbocycles. The molecule has 0 radical (unpaired) electrons. The molecule has 0 aromatic rings. The third kappa shape index (κ3) is 76.1. The Bertz CT molecular complexity index is 1960. The van der Waals surface area contributed by atoms with Gasteiger partial charge in [-0.2, -0.15) is 0 Å². The van der Waals surface area contributed by atoms with E-state index in [4.69, 9.17) is 37.0 Å². The van der Waals surface area contributed by atoms with Gasteiger partial charge in [0, 0.05) is 25.7 Å². The minimum atomic E-state index is -4.96. The Kier molecular flexibility index (Phi) is 70.9. The molecule has 0 aliphatic carbocycles. The van der Waals surface area contributed by atoms with Gasteiger partial charge in [0.25, 0.3) is 0 Å². The van der Waals surface area contributed by atoms with E-state index in [1.54, 1.807) is 0 Å². The molecule has 3 N–H and O–H groups in total. The number of unbranched alkanes of at least 4 members (excludes halogenated alkanes) is 48. The third-order valence-electron chi connectivity index (χ3n) is 19.1. The number of aliphatic hydroxyl groups is 1. The van der Waals surface area contributed by atoms with Crippen LogP contribution in [-0.2, 0) is 65.4 Å². The van der Waals surface area contributed by atoms with E-state index in [0.29, 0.717) is 31.6 Å². The van der Waals surface area contributed by atoms with Crippen molar-refractivity contribution in [1.29, 1.82) is 0 Å². The largest absolute Gasteiger partial charge is 0.472 e. The zero-order valence-corrected chi connectivity index (χ0v) is 68.2. The van der Waals surface area contributed by atoms with Crippen LogP contribution in [0.15, 0.2) is 0 Å². The van der Waals surface area contributed by atoms with Gasteiger partial charge in [-0.3, -0.25) is 37.3 Å². The normalized spacial score (nSPS) is 14.0. The predicted molar refractivity (Wildman–Crippen MR) is 414 cm³/mol. The second-order valence-electron chi connectivity index (χ2n) is 30.9. The predicted octanol–water partition coefficient (Wildman–Crippen LogP) is 24.5. The van der Waals surface area contributed by atoms with E-state index in [1.807, 2.05) is 0 Å². The van der Waals surface area contributed by atoms with E-state index < -0.39 is 97.5 Å². The molecule has 0 aromatic heterocycles. The van der Waals surface area contributed by atoms with Crippen LogP contribution in [0.5, 0.6) is 0 Å². The number of phosphoric acid groups is 2. The molecule has 101 heavy (non-hydrogen) atoms. The molecular weight excluding hydrogens is 1320 g/mol. The minimum absolute atomic E-state index is 0.107. The summed E-state index contributed by atoms with van der Waals surface area (Å²) < 4.78 is 68.7. The molecule has 0 amide bonds. The number of carbonyl (C=O) groups excluding carboxylic acids is 4. The van der Waals surface area contributed by atoms with Crippen LogP contribution in [0.3, 0.4) is 0 Å². The fraction of sp³-hybridized carbons (Fsp3) is 0.951. The van der Waals surface area contributed by atoms with Gasteiger partial charge in [-0.15, -0.1) is 0 Å². The van der Waals surface area contributed by atoms with E-state index in [-0.39, 0.29) is 25.7 Å². The molecule has 0 aliphatic heterocycles. The monoisotopic (exact) mass is 1480 g/mol. The van der Waals surface area contributed by atoms with E-state index in [0.717, 1.165) is 108 Å². The highest BCUT2D eigenvalue weighted by atomic mass is 31.2. The quantitative estimate of drug-likeness (QED) is 0.0222. The van der Waals surface area contributed by atoms with Crippen molar-refractivity contribution >= 4 is 39.5 Å². The summed E-state index contributed by atoms with van der Waals surface area (Å²) >= 11 is 0. The second-order valence-corrected chi connectivity index (χ2v) is 33.8. The third-order valence-corrected chi connectivity index (χ3v) is 21.0. The van der Waals surface area contributed by atoms with Crippen LogP contribution in [0.4, 0.5) is 0 Å². The molecule has 17 nitrogen and oxygen atoms in total. The summed E-state index contributed by atoms with van der Waals surface area (Å²) in [4.78, 5) is 73.0. The molecule has 19 heteroatoms. The number of aliphatic hydroxyl groups excluding tert-OH is 1. The van der Waals surface area contributed by atoms with Crippen molar-refractivity contribution in [2.45, 2.75) is 446 Å². The van der Waals surface area contributed by atoms with Crippen molar-refractivity contribution in [3.05, 3.63) is 0 Å².